The third-order valence-corrected chi connectivity index (χ3v) is 3.45. The van der Waals surface area contributed by atoms with Crippen LogP contribution in [0.15, 0.2) is 22.7 Å². The van der Waals surface area contributed by atoms with Crippen molar-refractivity contribution in [2.75, 3.05) is 13.1 Å². The van der Waals surface area contributed by atoms with Gasteiger partial charge in [-0.15, -0.1) is 0 Å². The van der Waals surface area contributed by atoms with Gasteiger partial charge in [0.25, 0.3) is 5.69 Å². The quantitative estimate of drug-likeness (QED) is 0.560. The number of nitrogens with zero attached hydrogens (tertiary/aromatic N) is 3. The summed E-state index contributed by atoms with van der Waals surface area (Å²) in [4.78, 5) is 12.7. The van der Waals surface area contributed by atoms with E-state index in [4.69, 9.17) is 5.26 Å². The molecule has 1 aromatic rings. The van der Waals surface area contributed by atoms with Gasteiger partial charge in [-0.2, -0.15) is 5.26 Å². The van der Waals surface area contributed by atoms with E-state index in [0.29, 0.717) is 29.9 Å². The largest absolute Gasteiger partial charge is 0.298 e. The Hall–Kier alpha value is -1.45. The van der Waals surface area contributed by atoms with E-state index in [2.05, 4.69) is 40.7 Å². The topological polar surface area (TPSA) is 70.2 Å². The molecular formula is C14H18BrN3O2. The van der Waals surface area contributed by atoms with Crippen LogP contribution in [0.5, 0.6) is 0 Å². The lowest BCUT2D eigenvalue weighted by molar-refractivity contribution is -0.385. The lowest BCUT2D eigenvalue weighted by atomic mass is 10.1. The maximum atomic E-state index is 10.9. The Morgan fingerprint density at radius 2 is 2.20 bits per heavy atom. The molecule has 0 unspecified atom stereocenters. The summed E-state index contributed by atoms with van der Waals surface area (Å²) in [7, 11) is 0. The maximum absolute atomic E-state index is 10.9. The van der Waals surface area contributed by atoms with Gasteiger partial charge >= 0.3 is 0 Å². The number of hydrogen-bond acceptors (Lipinski definition) is 4. The molecule has 0 spiro atoms. The minimum absolute atomic E-state index is 0.0762. The first kappa shape index (κ1) is 16.6. The molecule has 20 heavy (non-hydrogen) atoms. The van der Waals surface area contributed by atoms with Gasteiger partial charge in [-0.05, 0) is 33.5 Å². The second-order valence-electron chi connectivity index (χ2n) is 5.08. The lowest BCUT2D eigenvalue weighted by Crippen LogP contribution is -2.28. The molecule has 6 heteroatoms. The number of benzene rings is 1. The molecule has 0 fully saturated rings. The Kier molecular flexibility index (Phi) is 6.62. The van der Waals surface area contributed by atoms with Gasteiger partial charge < -0.3 is 0 Å². The SMILES string of the molecule is CC(C)CN(CCC#N)Cc1ccc(Br)c([N+](=O)[O-])c1. The average molecular weight is 340 g/mol. The van der Waals surface area contributed by atoms with Crippen molar-refractivity contribution in [1.82, 2.24) is 4.90 Å². The van der Waals surface area contributed by atoms with Gasteiger partial charge in [0.2, 0.25) is 0 Å². The fourth-order valence-electron chi connectivity index (χ4n) is 2.01. The van der Waals surface area contributed by atoms with Gasteiger partial charge in [0.15, 0.2) is 0 Å². The Balaban J connectivity index is 2.84. The minimum atomic E-state index is -0.393. The molecule has 0 aromatic heterocycles. The Labute approximate surface area is 127 Å². The van der Waals surface area contributed by atoms with Gasteiger partial charge in [0.05, 0.1) is 15.5 Å². The maximum Gasteiger partial charge on any atom is 0.283 e. The van der Waals surface area contributed by atoms with E-state index in [9.17, 15) is 10.1 Å². The summed E-state index contributed by atoms with van der Waals surface area (Å²) in [5.74, 6) is 0.485. The summed E-state index contributed by atoms with van der Waals surface area (Å²) in [5.41, 5.74) is 0.964. The normalized spacial score (nSPS) is 10.8. The van der Waals surface area contributed by atoms with Crippen LogP contribution in [0.2, 0.25) is 0 Å². The van der Waals surface area contributed by atoms with E-state index in [1.165, 1.54) is 0 Å². The van der Waals surface area contributed by atoms with Crippen molar-refractivity contribution in [3.8, 4) is 6.07 Å². The van der Waals surface area contributed by atoms with Crippen molar-refractivity contribution in [1.29, 1.82) is 5.26 Å². The van der Waals surface area contributed by atoms with Gasteiger partial charge in [0.1, 0.15) is 0 Å². The number of nitro benzene ring substituents is 1. The second-order valence-corrected chi connectivity index (χ2v) is 5.93. The summed E-state index contributed by atoms with van der Waals surface area (Å²) in [6.45, 7) is 6.39. The van der Waals surface area contributed by atoms with Crippen molar-refractivity contribution < 1.29 is 4.92 Å². The van der Waals surface area contributed by atoms with Crippen LogP contribution < -0.4 is 0 Å². The van der Waals surface area contributed by atoms with Crippen molar-refractivity contribution in [3.63, 3.8) is 0 Å². The van der Waals surface area contributed by atoms with Crippen LogP contribution in [0.4, 0.5) is 5.69 Å². The van der Waals surface area contributed by atoms with Gasteiger partial charge in [0, 0.05) is 32.1 Å². The van der Waals surface area contributed by atoms with Crippen LogP contribution >= 0.6 is 15.9 Å². The molecule has 0 bridgehead atoms. The molecule has 0 saturated heterocycles. The van der Waals surface area contributed by atoms with E-state index >= 15 is 0 Å². The van der Waals surface area contributed by atoms with E-state index in [1.54, 1.807) is 12.1 Å². The number of nitriles is 1. The first-order valence-corrected chi connectivity index (χ1v) is 7.25. The summed E-state index contributed by atoms with van der Waals surface area (Å²) in [5, 5.41) is 19.6. The zero-order chi connectivity index (χ0) is 15.1. The van der Waals surface area contributed by atoms with Crippen molar-refractivity contribution in [3.05, 3.63) is 38.3 Å². The molecule has 5 nitrogen and oxygen atoms in total. The molecule has 0 aliphatic rings. The van der Waals surface area contributed by atoms with Crippen molar-refractivity contribution in [2.45, 2.75) is 26.8 Å². The zero-order valence-electron chi connectivity index (χ0n) is 11.7. The molecule has 0 aliphatic carbocycles. The molecule has 108 valence electrons. The Morgan fingerprint density at radius 3 is 2.75 bits per heavy atom. The van der Waals surface area contributed by atoms with Crippen LogP contribution in [0.3, 0.4) is 0 Å². The summed E-state index contributed by atoms with van der Waals surface area (Å²) in [6, 6.07) is 7.30. The van der Waals surface area contributed by atoms with Crippen LogP contribution in [-0.4, -0.2) is 22.9 Å². The number of rotatable bonds is 7. The second kappa shape index (κ2) is 7.98. The third-order valence-electron chi connectivity index (χ3n) is 2.78. The first-order chi connectivity index (χ1) is 9.43. The molecule has 0 amide bonds. The van der Waals surface area contributed by atoms with E-state index in [1.807, 2.05) is 6.07 Å². The number of nitro groups is 1. The molecule has 0 heterocycles. The highest BCUT2D eigenvalue weighted by molar-refractivity contribution is 9.10. The first-order valence-electron chi connectivity index (χ1n) is 6.46. The Bertz CT molecular complexity index is 512. The third kappa shape index (κ3) is 5.27. The molecule has 0 N–H and O–H groups in total. The average Bonchev–Trinajstić information content (AvgIpc) is 2.37. The fraction of sp³-hybridized carbons (Fsp3) is 0.500. The van der Waals surface area contributed by atoms with Crippen LogP contribution in [-0.2, 0) is 6.54 Å². The highest BCUT2D eigenvalue weighted by Crippen LogP contribution is 2.26. The van der Waals surface area contributed by atoms with Gasteiger partial charge in [-0.25, -0.2) is 0 Å². The zero-order valence-corrected chi connectivity index (χ0v) is 13.3. The summed E-state index contributed by atoms with van der Waals surface area (Å²) in [6.07, 6.45) is 0.464. The molecular weight excluding hydrogens is 322 g/mol. The highest BCUT2D eigenvalue weighted by Gasteiger charge is 2.14. The highest BCUT2D eigenvalue weighted by atomic mass is 79.9. The van der Waals surface area contributed by atoms with Crippen molar-refractivity contribution >= 4 is 21.6 Å². The summed E-state index contributed by atoms with van der Waals surface area (Å²) >= 11 is 3.18. The molecule has 0 atom stereocenters. The number of hydrogen-bond donors (Lipinski definition) is 0. The molecule has 0 saturated carbocycles. The predicted molar refractivity (Wildman–Crippen MR) is 81.1 cm³/mol. The molecule has 1 rings (SSSR count). The van der Waals surface area contributed by atoms with E-state index in [-0.39, 0.29) is 5.69 Å². The number of halogens is 1. The van der Waals surface area contributed by atoms with E-state index < -0.39 is 4.92 Å². The molecule has 0 radical (unpaired) electrons. The van der Waals surface area contributed by atoms with Crippen LogP contribution in [0.25, 0.3) is 0 Å². The summed E-state index contributed by atoms with van der Waals surface area (Å²) < 4.78 is 0.485. The van der Waals surface area contributed by atoms with E-state index in [0.717, 1.165) is 12.1 Å². The predicted octanol–water partition coefficient (Wildman–Crippen LogP) is 3.73. The smallest absolute Gasteiger partial charge is 0.283 e. The lowest BCUT2D eigenvalue weighted by Gasteiger charge is -2.23. The van der Waals surface area contributed by atoms with Gasteiger partial charge in [-0.3, -0.25) is 15.0 Å². The molecule has 1 aromatic carbocycles. The van der Waals surface area contributed by atoms with Crippen molar-refractivity contribution in [2.24, 2.45) is 5.92 Å². The minimum Gasteiger partial charge on any atom is -0.298 e. The Morgan fingerprint density at radius 1 is 1.50 bits per heavy atom. The standard InChI is InChI=1S/C14H18BrN3O2/c1-11(2)9-17(7-3-6-16)10-12-4-5-13(15)14(8-12)18(19)20/h4-5,8,11H,3,7,9-10H2,1-2H3. The van der Waals surface area contributed by atoms with Crippen LogP contribution in [0.1, 0.15) is 25.8 Å². The molecule has 0 aliphatic heterocycles. The fourth-order valence-corrected chi connectivity index (χ4v) is 2.41. The van der Waals surface area contributed by atoms with Gasteiger partial charge in [-0.1, -0.05) is 19.9 Å². The van der Waals surface area contributed by atoms with Crippen LogP contribution in [0, 0.1) is 27.4 Å². The monoisotopic (exact) mass is 339 g/mol.